The summed E-state index contributed by atoms with van der Waals surface area (Å²) in [5.74, 6) is 0.544. The second kappa shape index (κ2) is 7.63. The average molecular weight is 419 g/mol. The van der Waals surface area contributed by atoms with Crippen molar-refractivity contribution in [2.75, 3.05) is 43.9 Å². The predicted octanol–water partition coefficient (Wildman–Crippen LogP) is 4.05. The number of rotatable bonds is 3. The van der Waals surface area contributed by atoms with Gasteiger partial charge in [0, 0.05) is 54.2 Å². The van der Waals surface area contributed by atoms with Crippen molar-refractivity contribution in [3.8, 4) is 22.3 Å². The lowest BCUT2D eigenvalue weighted by atomic mass is 10.1. The van der Waals surface area contributed by atoms with Crippen LogP contribution in [-0.2, 0) is 0 Å². The van der Waals surface area contributed by atoms with E-state index in [1.807, 2.05) is 30.5 Å². The molecule has 30 heavy (non-hydrogen) atoms. The van der Waals surface area contributed by atoms with Crippen LogP contribution >= 0.6 is 11.6 Å². The van der Waals surface area contributed by atoms with E-state index in [1.54, 1.807) is 10.7 Å². The van der Waals surface area contributed by atoms with Gasteiger partial charge in [-0.15, -0.1) is 0 Å². The molecule has 0 aliphatic carbocycles. The van der Waals surface area contributed by atoms with Gasteiger partial charge >= 0.3 is 0 Å². The van der Waals surface area contributed by atoms with Crippen molar-refractivity contribution in [1.82, 2.24) is 19.5 Å². The van der Waals surface area contributed by atoms with Gasteiger partial charge in [0.2, 0.25) is 0 Å². The molecule has 3 heterocycles. The first-order valence-electron chi connectivity index (χ1n) is 10.0. The molecule has 0 spiro atoms. The van der Waals surface area contributed by atoms with Gasteiger partial charge in [-0.25, -0.2) is 4.98 Å². The van der Waals surface area contributed by atoms with Gasteiger partial charge in [-0.2, -0.15) is 9.61 Å². The molecule has 1 saturated heterocycles. The van der Waals surface area contributed by atoms with Crippen molar-refractivity contribution < 1.29 is 0 Å². The van der Waals surface area contributed by atoms with Crippen LogP contribution in [0.25, 0.3) is 27.9 Å². The van der Waals surface area contributed by atoms with Gasteiger partial charge < -0.3 is 15.5 Å². The van der Waals surface area contributed by atoms with Crippen molar-refractivity contribution in [3.63, 3.8) is 0 Å². The summed E-state index contributed by atoms with van der Waals surface area (Å²) in [7, 11) is 2.17. The summed E-state index contributed by atoms with van der Waals surface area (Å²) in [5.41, 5.74) is 12.2. The van der Waals surface area contributed by atoms with Crippen molar-refractivity contribution in [3.05, 3.63) is 65.9 Å². The van der Waals surface area contributed by atoms with Crippen LogP contribution in [0, 0.1) is 0 Å². The molecule has 2 N–H and O–H groups in total. The fourth-order valence-electron chi connectivity index (χ4n) is 3.95. The molecule has 0 radical (unpaired) electrons. The topological polar surface area (TPSA) is 62.7 Å². The van der Waals surface area contributed by atoms with E-state index in [0.717, 1.165) is 54.1 Å². The Bertz CT molecular complexity index is 1190. The molecule has 0 atom stereocenters. The Labute approximate surface area is 180 Å². The Hall–Kier alpha value is -3.09. The predicted molar refractivity (Wildman–Crippen MR) is 123 cm³/mol. The minimum absolute atomic E-state index is 0.544. The molecule has 4 aromatic rings. The fourth-order valence-corrected chi connectivity index (χ4v) is 4.14. The molecule has 0 unspecified atom stereocenters. The molecule has 152 valence electrons. The van der Waals surface area contributed by atoms with E-state index in [1.165, 1.54) is 5.69 Å². The summed E-state index contributed by atoms with van der Waals surface area (Å²) in [5, 5.41) is 5.16. The number of hydrogen-bond donors (Lipinski definition) is 1. The van der Waals surface area contributed by atoms with Gasteiger partial charge in [-0.05, 0) is 42.4 Å². The minimum Gasteiger partial charge on any atom is -0.383 e. The number of fused-ring (bicyclic) bond motifs is 1. The molecule has 1 aliphatic rings. The van der Waals surface area contributed by atoms with Crippen molar-refractivity contribution in [2.45, 2.75) is 0 Å². The van der Waals surface area contributed by atoms with Gasteiger partial charge in [0.05, 0.1) is 6.20 Å². The first kappa shape index (κ1) is 18.9. The van der Waals surface area contributed by atoms with E-state index < -0.39 is 0 Å². The number of aromatic nitrogens is 3. The third-order valence-corrected chi connectivity index (χ3v) is 5.98. The number of anilines is 2. The first-order valence-corrected chi connectivity index (χ1v) is 10.4. The van der Waals surface area contributed by atoms with Crippen LogP contribution in [0.1, 0.15) is 0 Å². The van der Waals surface area contributed by atoms with Crippen molar-refractivity contribution in [1.29, 1.82) is 0 Å². The van der Waals surface area contributed by atoms with Crippen LogP contribution in [0.4, 0.5) is 11.5 Å². The number of halogens is 1. The van der Waals surface area contributed by atoms with Crippen molar-refractivity contribution in [2.24, 2.45) is 0 Å². The van der Waals surface area contributed by atoms with E-state index >= 15 is 0 Å². The monoisotopic (exact) mass is 418 g/mol. The fraction of sp³-hybridized carbons (Fsp3) is 0.217. The quantitative estimate of drug-likeness (QED) is 0.543. The number of nitrogen functional groups attached to an aromatic ring is 1. The standard InChI is InChI=1S/C23H23ClN6/c1-28-9-11-29(12-10-28)19-7-5-16(6-8-19)21-15-27-30-22(25)20(14-26-23(21)30)17-3-2-4-18(24)13-17/h2-8,13-15H,9-12,25H2,1H3. The van der Waals surface area contributed by atoms with E-state index in [9.17, 15) is 0 Å². The highest BCUT2D eigenvalue weighted by atomic mass is 35.5. The summed E-state index contributed by atoms with van der Waals surface area (Å²) in [4.78, 5) is 9.45. The minimum atomic E-state index is 0.544. The summed E-state index contributed by atoms with van der Waals surface area (Å²) < 4.78 is 1.69. The van der Waals surface area contributed by atoms with E-state index in [2.05, 4.69) is 51.2 Å². The number of nitrogens with two attached hydrogens (primary N) is 1. The van der Waals surface area contributed by atoms with E-state index in [-0.39, 0.29) is 0 Å². The largest absolute Gasteiger partial charge is 0.383 e. The number of piperazine rings is 1. The lowest BCUT2D eigenvalue weighted by Crippen LogP contribution is -2.44. The van der Waals surface area contributed by atoms with Crippen LogP contribution in [0.2, 0.25) is 5.02 Å². The zero-order chi connectivity index (χ0) is 20.7. The zero-order valence-electron chi connectivity index (χ0n) is 16.8. The molecule has 1 aliphatic heterocycles. The Kier molecular flexibility index (Phi) is 4.81. The lowest BCUT2D eigenvalue weighted by molar-refractivity contribution is 0.313. The van der Waals surface area contributed by atoms with Crippen LogP contribution < -0.4 is 10.6 Å². The van der Waals surface area contributed by atoms with Gasteiger partial charge in [-0.3, -0.25) is 0 Å². The molecule has 5 rings (SSSR count). The number of likely N-dealkylation sites (N-methyl/N-ethyl adjacent to an activating group) is 1. The van der Waals surface area contributed by atoms with Crippen LogP contribution in [-0.4, -0.2) is 52.7 Å². The molecular formula is C23H23ClN6. The summed E-state index contributed by atoms with van der Waals surface area (Å²) in [6.07, 6.45) is 3.62. The van der Waals surface area contributed by atoms with Crippen LogP contribution in [0.5, 0.6) is 0 Å². The summed E-state index contributed by atoms with van der Waals surface area (Å²) >= 11 is 6.14. The first-order chi connectivity index (χ1) is 14.6. The molecule has 0 saturated carbocycles. The molecule has 0 amide bonds. The maximum atomic E-state index is 6.43. The van der Waals surface area contributed by atoms with E-state index in [0.29, 0.717) is 10.8 Å². The van der Waals surface area contributed by atoms with Crippen LogP contribution in [0.15, 0.2) is 60.9 Å². The Morgan fingerprint density at radius 1 is 0.900 bits per heavy atom. The second-order valence-electron chi connectivity index (χ2n) is 7.70. The third-order valence-electron chi connectivity index (χ3n) is 5.75. The Morgan fingerprint density at radius 2 is 1.67 bits per heavy atom. The molecule has 2 aromatic carbocycles. The molecular weight excluding hydrogens is 396 g/mol. The number of hydrogen-bond acceptors (Lipinski definition) is 5. The summed E-state index contributed by atoms with van der Waals surface area (Å²) in [6, 6.07) is 16.2. The highest BCUT2D eigenvalue weighted by molar-refractivity contribution is 6.30. The Balaban J connectivity index is 1.47. The lowest BCUT2D eigenvalue weighted by Gasteiger charge is -2.34. The van der Waals surface area contributed by atoms with Gasteiger partial charge in [0.15, 0.2) is 5.65 Å². The van der Waals surface area contributed by atoms with Gasteiger partial charge in [0.25, 0.3) is 0 Å². The normalized spacial score (nSPS) is 15.1. The average Bonchev–Trinajstić information content (AvgIpc) is 3.20. The summed E-state index contributed by atoms with van der Waals surface area (Å²) in [6.45, 7) is 4.29. The molecule has 6 nitrogen and oxygen atoms in total. The third kappa shape index (κ3) is 3.38. The Morgan fingerprint density at radius 3 is 2.40 bits per heavy atom. The molecule has 7 heteroatoms. The molecule has 0 bridgehead atoms. The van der Waals surface area contributed by atoms with Crippen LogP contribution in [0.3, 0.4) is 0 Å². The maximum absolute atomic E-state index is 6.43. The highest BCUT2D eigenvalue weighted by Crippen LogP contribution is 2.31. The van der Waals surface area contributed by atoms with Gasteiger partial charge in [0.1, 0.15) is 5.82 Å². The van der Waals surface area contributed by atoms with Gasteiger partial charge in [-0.1, -0.05) is 35.9 Å². The molecule has 2 aromatic heterocycles. The zero-order valence-corrected chi connectivity index (χ0v) is 17.5. The smallest absolute Gasteiger partial charge is 0.165 e. The second-order valence-corrected chi connectivity index (χ2v) is 8.13. The van der Waals surface area contributed by atoms with E-state index in [4.69, 9.17) is 17.3 Å². The van der Waals surface area contributed by atoms with Crippen molar-refractivity contribution >= 4 is 28.8 Å². The highest BCUT2D eigenvalue weighted by Gasteiger charge is 2.16. The molecule has 1 fully saturated rings. The maximum Gasteiger partial charge on any atom is 0.165 e. The number of benzene rings is 2. The number of nitrogens with zero attached hydrogens (tertiary/aromatic N) is 5. The SMILES string of the molecule is CN1CCN(c2ccc(-c3cnn4c(N)c(-c5cccc(Cl)c5)cnc34)cc2)CC1.